The third kappa shape index (κ3) is 4.50. The highest BCUT2D eigenvalue weighted by Gasteiger charge is 2.23. The van der Waals surface area contributed by atoms with E-state index in [2.05, 4.69) is 9.71 Å². The summed E-state index contributed by atoms with van der Waals surface area (Å²) in [6.45, 7) is 3.66. The number of nitrogens with one attached hydrogen (secondary N) is 1. The summed E-state index contributed by atoms with van der Waals surface area (Å²) in [5, 5.41) is 9.49. The van der Waals surface area contributed by atoms with Gasteiger partial charge in [0.15, 0.2) is 5.78 Å². The van der Waals surface area contributed by atoms with Gasteiger partial charge in [-0.15, -0.1) is 0 Å². The number of aliphatic hydroxyl groups excluding tert-OH is 1. The molecule has 2 aromatic carbocycles. The van der Waals surface area contributed by atoms with Crippen molar-refractivity contribution in [1.82, 2.24) is 4.98 Å². The summed E-state index contributed by atoms with van der Waals surface area (Å²) in [5.41, 5.74) is 7.13. The van der Waals surface area contributed by atoms with Gasteiger partial charge in [-0.25, -0.2) is 8.42 Å². The molecule has 0 fully saturated rings. The number of nitrogen functional groups attached to an aromatic ring is 1. The Morgan fingerprint density at radius 1 is 1.07 bits per heavy atom. The van der Waals surface area contributed by atoms with Crippen LogP contribution < -0.4 is 10.5 Å². The molecule has 0 spiro atoms. The number of hydrogen-bond donors (Lipinski definition) is 3. The highest BCUT2D eigenvalue weighted by Crippen LogP contribution is 2.27. The molecule has 0 amide bonds. The molecule has 0 saturated carbocycles. The molecule has 0 aliphatic carbocycles. The molecule has 4 N–H and O–H groups in total. The minimum Gasteiger partial charge on any atom is -0.399 e. The highest BCUT2D eigenvalue weighted by molar-refractivity contribution is 7.92. The van der Waals surface area contributed by atoms with Gasteiger partial charge in [0.2, 0.25) is 0 Å². The number of aliphatic hydroxyl groups is 1. The van der Waals surface area contributed by atoms with Gasteiger partial charge in [0.1, 0.15) is 0 Å². The average molecular weight is 426 g/mol. The minimum absolute atomic E-state index is 0.0409. The first-order valence-corrected chi connectivity index (χ1v) is 10.7. The van der Waals surface area contributed by atoms with Crippen LogP contribution >= 0.6 is 0 Å². The van der Waals surface area contributed by atoms with Crippen molar-refractivity contribution in [2.24, 2.45) is 0 Å². The van der Waals surface area contributed by atoms with Crippen molar-refractivity contribution in [2.75, 3.05) is 17.1 Å². The average Bonchev–Trinajstić information content (AvgIpc) is 2.75. The van der Waals surface area contributed by atoms with Crippen LogP contribution in [0.2, 0.25) is 0 Å². The molecule has 3 aromatic rings. The number of nitrogens with zero attached hydrogens (tertiary/aromatic N) is 1. The highest BCUT2D eigenvalue weighted by atomic mass is 32.2. The molecule has 30 heavy (non-hydrogen) atoms. The van der Waals surface area contributed by atoms with Crippen molar-refractivity contribution in [3.63, 3.8) is 0 Å². The van der Waals surface area contributed by atoms with Crippen LogP contribution in [0.1, 0.15) is 35.3 Å². The zero-order chi connectivity index (χ0) is 21.9. The molecule has 0 aliphatic rings. The quantitative estimate of drug-likeness (QED) is 0.395. The van der Waals surface area contributed by atoms with Crippen LogP contribution in [0, 0.1) is 0 Å². The number of aromatic nitrogens is 1. The SMILES string of the molecule is CC(C)(CO)c1ccc(S(=O)(=O)Nc2ccc(N)cc2C(=O)c2ccncc2)cc1. The van der Waals surface area contributed by atoms with Crippen molar-refractivity contribution in [1.29, 1.82) is 0 Å². The lowest BCUT2D eigenvalue weighted by Gasteiger charge is -2.22. The Balaban J connectivity index is 1.95. The second-order valence-corrected chi connectivity index (χ2v) is 9.22. The molecular weight excluding hydrogens is 402 g/mol. The molecule has 0 saturated heterocycles. The Hall–Kier alpha value is -3.23. The van der Waals surface area contributed by atoms with E-state index < -0.39 is 15.4 Å². The van der Waals surface area contributed by atoms with E-state index in [9.17, 15) is 18.3 Å². The molecule has 0 radical (unpaired) electrons. The predicted molar refractivity (Wildman–Crippen MR) is 116 cm³/mol. The summed E-state index contributed by atoms with van der Waals surface area (Å²) in [4.78, 5) is 16.8. The summed E-state index contributed by atoms with van der Waals surface area (Å²) < 4.78 is 28.3. The van der Waals surface area contributed by atoms with Gasteiger partial charge < -0.3 is 10.8 Å². The van der Waals surface area contributed by atoms with Gasteiger partial charge in [-0.05, 0) is 48.0 Å². The molecule has 0 unspecified atom stereocenters. The number of benzene rings is 2. The first kappa shape index (κ1) is 21.5. The second kappa shape index (κ2) is 8.25. The van der Waals surface area contributed by atoms with Gasteiger partial charge in [-0.3, -0.25) is 14.5 Å². The number of carbonyl (C=O) groups is 1. The zero-order valence-corrected chi connectivity index (χ0v) is 17.5. The third-order valence-corrected chi connectivity index (χ3v) is 6.20. The lowest BCUT2D eigenvalue weighted by molar-refractivity contribution is 0.103. The van der Waals surface area contributed by atoms with E-state index in [0.717, 1.165) is 5.56 Å². The maximum absolute atomic E-state index is 12.9. The van der Waals surface area contributed by atoms with Crippen LogP contribution in [0.5, 0.6) is 0 Å². The van der Waals surface area contributed by atoms with Gasteiger partial charge in [0.05, 0.1) is 17.2 Å². The predicted octanol–water partition coefficient (Wildman–Crippen LogP) is 2.97. The van der Waals surface area contributed by atoms with Crippen LogP contribution in [0.15, 0.2) is 71.9 Å². The van der Waals surface area contributed by atoms with E-state index >= 15 is 0 Å². The largest absolute Gasteiger partial charge is 0.399 e. The molecule has 0 aliphatic heterocycles. The van der Waals surface area contributed by atoms with Crippen LogP contribution in [0.4, 0.5) is 11.4 Å². The molecule has 0 atom stereocenters. The van der Waals surface area contributed by atoms with E-state index in [4.69, 9.17) is 5.73 Å². The normalized spacial score (nSPS) is 11.8. The minimum atomic E-state index is -3.95. The lowest BCUT2D eigenvalue weighted by Crippen LogP contribution is -2.22. The summed E-state index contributed by atoms with van der Waals surface area (Å²) in [7, 11) is -3.95. The zero-order valence-electron chi connectivity index (χ0n) is 16.7. The van der Waals surface area contributed by atoms with E-state index in [1.54, 1.807) is 24.3 Å². The van der Waals surface area contributed by atoms with E-state index in [1.807, 2.05) is 13.8 Å². The smallest absolute Gasteiger partial charge is 0.261 e. The van der Waals surface area contributed by atoms with Gasteiger partial charge in [-0.1, -0.05) is 26.0 Å². The van der Waals surface area contributed by atoms with E-state index in [-0.39, 0.29) is 28.5 Å². The van der Waals surface area contributed by atoms with Crippen LogP contribution in [0.25, 0.3) is 0 Å². The fourth-order valence-corrected chi connectivity index (χ4v) is 3.96. The molecule has 1 heterocycles. The van der Waals surface area contributed by atoms with Crippen molar-refractivity contribution in [3.8, 4) is 0 Å². The Labute approximate surface area is 175 Å². The number of rotatable bonds is 7. The summed E-state index contributed by atoms with van der Waals surface area (Å²) >= 11 is 0. The van der Waals surface area contributed by atoms with Crippen LogP contribution in [-0.4, -0.2) is 30.9 Å². The Morgan fingerprint density at radius 3 is 2.30 bits per heavy atom. The fourth-order valence-electron chi connectivity index (χ4n) is 2.88. The number of ketones is 1. The number of sulfonamides is 1. The van der Waals surface area contributed by atoms with Gasteiger partial charge in [0, 0.05) is 34.6 Å². The standard InChI is InChI=1S/C22H23N3O4S/c1-22(2,14-26)16-3-6-18(7-4-16)30(28,29)25-20-8-5-17(23)13-19(20)21(27)15-9-11-24-12-10-15/h3-13,25-26H,14,23H2,1-2H3. The van der Waals surface area contributed by atoms with E-state index in [1.165, 1.54) is 42.7 Å². The molecule has 1 aromatic heterocycles. The molecule has 7 nitrogen and oxygen atoms in total. The van der Waals surface area contributed by atoms with Crippen molar-refractivity contribution in [3.05, 3.63) is 83.7 Å². The molecule has 8 heteroatoms. The number of anilines is 2. The van der Waals surface area contributed by atoms with Crippen LogP contribution in [-0.2, 0) is 15.4 Å². The molecular formula is C22H23N3O4S. The number of nitrogens with two attached hydrogens (primary N) is 1. The number of carbonyl (C=O) groups excluding carboxylic acids is 1. The Kier molecular flexibility index (Phi) is 5.91. The topological polar surface area (TPSA) is 122 Å². The maximum Gasteiger partial charge on any atom is 0.261 e. The number of pyridine rings is 1. The maximum atomic E-state index is 12.9. The van der Waals surface area contributed by atoms with Gasteiger partial charge >= 0.3 is 0 Å². The Bertz CT molecular complexity index is 1160. The molecule has 3 rings (SSSR count). The summed E-state index contributed by atoms with van der Waals surface area (Å²) in [6, 6.07) is 13.8. The van der Waals surface area contributed by atoms with Crippen molar-refractivity contribution < 1.29 is 18.3 Å². The Morgan fingerprint density at radius 2 is 1.70 bits per heavy atom. The monoisotopic (exact) mass is 425 g/mol. The summed E-state index contributed by atoms with van der Waals surface area (Å²) in [5.74, 6) is -0.373. The third-order valence-electron chi connectivity index (χ3n) is 4.82. The van der Waals surface area contributed by atoms with E-state index in [0.29, 0.717) is 11.3 Å². The van der Waals surface area contributed by atoms with Crippen molar-refractivity contribution in [2.45, 2.75) is 24.2 Å². The van der Waals surface area contributed by atoms with Crippen molar-refractivity contribution >= 4 is 27.2 Å². The first-order chi connectivity index (χ1) is 14.1. The summed E-state index contributed by atoms with van der Waals surface area (Å²) in [6.07, 6.45) is 2.97. The number of hydrogen-bond acceptors (Lipinski definition) is 6. The second-order valence-electron chi connectivity index (χ2n) is 7.54. The lowest BCUT2D eigenvalue weighted by atomic mass is 9.86. The van der Waals surface area contributed by atoms with Gasteiger partial charge in [0.25, 0.3) is 10.0 Å². The molecule has 0 bridgehead atoms. The molecule has 156 valence electrons. The van der Waals surface area contributed by atoms with Gasteiger partial charge in [-0.2, -0.15) is 0 Å². The first-order valence-electron chi connectivity index (χ1n) is 9.22. The van der Waals surface area contributed by atoms with Crippen LogP contribution in [0.3, 0.4) is 0 Å². The fraction of sp³-hybridized carbons (Fsp3) is 0.182.